The summed E-state index contributed by atoms with van der Waals surface area (Å²) in [5, 5.41) is 5.73. The highest BCUT2D eigenvalue weighted by atomic mass is 32.2. The Morgan fingerprint density at radius 3 is 2.83 bits per heavy atom. The second kappa shape index (κ2) is 4.56. The third-order valence-electron chi connectivity index (χ3n) is 2.81. The lowest BCUT2D eigenvalue weighted by Gasteiger charge is -2.26. The molecule has 1 aromatic heterocycles. The summed E-state index contributed by atoms with van der Waals surface area (Å²) in [5.41, 5.74) is 1.58. The number of fused-ring (bicyclic) bond motifs is 1. The van der Waals surface area contributed by atoms with E-state index in [0.29, 0.717) is 11.5 Å². The van der Waals surface area contributed by atoms with Crippen molar-refractivity contribution in [3.05, 3.63) is 17.8 Å². The van der Waals surface area contributed by atoms with E-state index in [9.17, 15) is 13.2 Å². The summed E-state index contributed by atoms with van der Waals surface area (Å²) < 4.78 is 22.2. The minimum Gasteiger partial charge on any atom is -0.357 e. The smallest absolute Gasteiger partial charge is 0.247 e. The average Bonchev–Trinajstić information content (AvgIpc) is 2.27. The number of anilines is 2. The Morgan fingerprint density at radius 2 is 2.17 bits per heavy atom. The van der Waals surface area contributed by atoms with Crippen molar-refractivity contribution in [3.63, 3.8) is 0 Å². The van der Waals surface area contributed by atoms with E-state index in [4.69, 9.17) is 0 Å². The molecule has 0 radical (unpaired) electrons. The fraction of sp³-hybridized carbons (Fsp3) is 0.455. The van der Waals surface area contributed by atoms with E-state index in [1.165, 1.54) is 0 Å². The molecule has 1 atom stereocenters. The third-order valence-corrected chi connectivity index (χ3v) is 3.79. The molecule has 98 valence electrons. The molecule has 0 aliphatic carbocycles. The van der Waals surface area contributed by atoms with Gasteiger partial charge in [-0.1, -0.05) is 0 Å². The van der Waals surface area contributed by atoms with Crippen LogP contribution in [0.3, 0.4) is 0 Å². The van der Waals surface area contributed by atoms with Gasteiger partial charge in [-0.15, -0.1) is 0 Å². The highest BCUT2D eigenvalue weighted by molar-refractivity contribution is 7.90. The first kappa shape index (κ1) is 12.8. The predicted molar refractivity (Wildman–Crippen MR) is 69.3 cm³/mol. The molecule has 1 aliphatic heterocycles. The van der Waals surface area contributed by atoms with E-state index in [2.05, 4.69) is 15.6 Å². The van der Waals surface area contributed by atoms with Gasteiger partial charge in [-0.25, -0.2) is 13.4 Å². The van der Waals surface area contributed by atoms with Crippen molar-refractivity contribution in [3.8, 4) is 0 Å². The number of pyridine rings is 1. The zero-order valence-corrected chi connectivity index (χ0v) is 11.0. The molecule has 1 aliphatic rings. The zero-order chi connectivity index (χ0) is 13.3. The quantitative estimate of drug-likeness (QED) is 0.837. The van der Waals surface area contributed by atoms with Crippen molar-refractivity contribution in [2.45, 2.75) is 19.4 Å². The Morgan fingerprint density at radius 1 is 1.44 bits per heavy atom. The number of carbonyl (C=O) groups is 1. The van der Waals surface area contributed by atoms with Gasteiger partial charge in [-0.05, 0) is 25.0 Å². The minimum absolute atomic E-state index is 0.0285. The van der Waals surface area contributed by atoms with Crippen molar-refractivity contribution in [2.75, 3.05) is 22.6 Å². The lowest BCUT2D eigenvalue weighted by atomic mass is 10.1. The van der Waals surface area contributed by atoms with Crippen LogP contribution in [0.2, 0.25) is 0 Å². The molecule has 0 saturated carbocycles. The maximum atomic E-state index is 11.8. The highest BCUT2D eigenvalue weighted by Gasteiger charge is 2.27. The highest BCUT2D eigenvalue weighted by Crippen LogP contribution is 2.28. The van der Waals surface area contributed by atoms with Crippen molar-refractivity contribution in [1.29, 1.82) is 0 Å². The first-order valence-electron chi connectivity index (χ1n) is 5.57. The summed E-state index contributed by atoms with van der Waals surface area (Å²) >= 11 is 0. The fourth-order valence-corrected chi connectivity index (χ4v) is 2.47. The molecule has 7 heteroatoms. The molecular formula is C11H15N3O3S. The molecule has 0 fully saturated rings. The summed E-state index contributed by atoms with van der Waals surface area (Å²) in [6.45, 7) is 1.87. The summed E-state index contributed by atoms with van der Waals surface area (Å²) in [7, 11) is -3.07. The van der Waals surface area contributed by atoms with Crippen LogP contribution >= 0.6 is 0 Å². The van der Waals surface area contributed by atoms with E-state index in [1.807, 2.05) is 6.92 Å². The van der Waals surface area contributed by atoms with Crippen molar-refractivity contribution < 1.29 is 13.2 Å². The number of sulfone groups is 1. The van der Waals surface area contributed by atoms with Gasteiger partial charge in [-0.3, -0.25) is 4.79 Å². The fourth-order valence-electron chi connectivity index (χ4n) is 1.80. The van der Waals surface area contributed by atoms with Crippen LogP contribution in [0.25, 0.3) is 0 Å². The SMILES string of the molecule is Cc1ccnc2c1NC(=O)C(CCS(C)(=O)=O)N2. The molecular weight excluding hydrogens is 254 g/mol. The summed E-state index contributed by atoms with van der Waals surface area (Å²) in [4.78, 5) is 16.0. The van der Waals surface area contributed by atoms with Gasteiger partial charge in [-0.2, -0.15) is 0 Å². The van der Waals surface area contributed by atoms with Crippen LogP contribution in [0.1, 0.15) is 12.0 Å². The van der Waals surface area contributed by atoms with E-state index < -0.39 is 15.9 Å². The lowest BCUT2D eigenvalue weighted by Crippen LogP contribution is -2.40. The molecule has 2 rings (SSSR count). The van der Waals surface area contributed by atoms with Crippen LogP contribution in [0.15, 0.2) is 12.3 Å². The van der Waals surface area contributed by atoms with Gasteiger partial charge in [0.05, 0.1) is 11.4 Å². The number of nitrogens with one attached hydrogen (secondary N) is 2. The second-order valence-electron chi connectivity index (χ2n) is 4.46. The Bertz CT molecular complexity index is 583. The molecule has 2 heterocycles. The third kappa shape index (κ3) is 2.79. The van der Waals surface area contributed by atoms with Gasteiger partial charge in [0, 0.05) is 12.5 Å². The van der Waals surface area contributed by atoms with E-state index >= 15 is 0 Å². The molecule has 0 spiro atoms. The van der Waals surface area contributed by atoms with Gasteiger partial charge in [0.25, 0.3) is 0 Å². The number of amides is 1. The number of nitrogens with zero attached hydrogens (tertiary/aromatic N) is 1. The van der Waals surface area contributed by atoms with Crippen LogP contribution < -0.4 is 10.6 Å². The van der Waals surface area contributed by atoms with Gasteiger partial charge in [0.2, 0.25) is 5.91 Å². The lowest BCUT2D eigenvalue weighted by molar-refractivity contribution is -0.117. The first-order valence-corrected chi connectivity index (χ1v) is 7.63. The van der Waals surface area contributed by atoms with Gasteiger partial charge < -0.3 is 10.6 Å². The normalized spacial score (nSPS) is 18.8. The monoisotopic (exact) mass is 269 g/mol. The first-order chi connectivity index (χ1) is 8.37. The Labute approximate surface area is 106 Å². The molecule has 2 N–H and O–H groups in total. The van der Waals surface area contributed by atoms with E-state index in [-0.39, 0.29) is 18.1 Å². The number of rotatable bonds is 3. The molecule has 0 saturated heterocycles. The van der Waals surface area contributed by atoms with Crippen molar-refractivity contribution in [2.24, 2.45) is 0 Å². The number of carbonyl (C=O) groups excluding carboxylic acids is 1. The van der Waals surface area contributed by atoms with Crippen LogP contribution in [0.5, 0.6) is 0 Å². The van der Waals surface area contributed by atoms with Crippen molar-refractivity contribution in [1.82, 2.24) is 4.98 Å². The molecule has 1 unspecified atom stereocenters. The molecule has 18 heavy (non-hydrogen) atoms. The largest absolute Gasteiger partial charge is 0.357 e. The zero-order valence-electron chi connectivity index (χ0n) is 10.2. The number of aryl methyl sites for hydroxylation is 1. The predicted octanol–water partition coefficient (Wildman–Crippen LogP) is 0.557. The van der Waals surface area contributed by atoms with Crippen LogP contribution in [-0.4, -0.2) is 37.4 Å². The molecule has 1 aromatic rings. The summed E-state index contributed by atoms with van der Waals surface area (Å²) in [6.07, 6.45) is 3.04. The summed E-state index contributed by atoms with van der Waals surface area (Å²) in [5.74, 6) is 0.342. The summed E-state index contributed by atoms with van der Waals surface area (Å²) in [6, 6.07) is 1.25. The Kier molecular flexibility index (Phi) is 3.25. The molecule has 1 amide bonds. The number of aromatic nitrogens is 1. The Balaban J connectivity index is 2.16. The Hall–Kier alpha value is -1.63. The topological polar surface area (TPSA) is 88.2 Å². The molecule has 0 bridgehead atoms. The van der Waals surface area contributed by atoms with Gasteiger partial charge >= 0.3 is 0 Å². The standard InChI is InChI=1S/C11H15N3O3S/c1-7-3-5-12-10-9(7)14-11(15)8(13-10)4-6-18(2,16)17/h3,5,8H,4,6H2,1-2H3,(H,12,13)(H,14,15). The van der Waals surface area contributed by atoms with E-state index in [1.54, 1.807) is 12.3 Å². The maximum Gasteiger partial charge on any atom is 0.247 e. The number of hydrogen-bond acceptors (Lipinski definition) is 5. The average molecular weight is 269 g/mol. The van der Waals surface area contributed by atoms with Gasteiger partial charge in [0.15, 0.2) is 5.82 Å². The number of hydrogen-bond donors (Lipinski definition) is 2. The van der Waals surface area contributed by atoms with Crippen LogP contribution in [0.4, 0.5) is 11.5 Å². The molecule has 6 nitrogen and oxygen atoms in total. The second-order valence-corrected chi connectivity index (χ2v) is 6.72. The van der Waals surface area contributed by atoms with Gasteiger partial charge in [0.1, 0.15) is 15.9 Å². The minimum atomic E-state index is -3.07. The van der Waals surface area contributed by atoms with Crippen LogP contribution in [0, 0.1) is 6.92 Å². The maximum absolute atomic E-state index is 11.8. The van der Waals surface area contributed by atoms with Crippen LogP contribution in [-0.2, 0) is 14.6 Å². The van der Waals surface area contributed by atoms with E-state index in [0.717, 1.165) is 11.8 Å². The van der Waals surface area contributed by atoms with Crippen molar-refractivity contribution >= 4 is 27.2 Å². The molecule has 0 aromatic carbocycles.